The van der Waals surface area contributed by atoms with Crippen molar-refractivity contribution in [3.63, 3.8) is 0 Å². The number of rotatable bonds is 8. The number of halogens is 2. The molecule has 0 aliphatic heterocycles. The van der Waals surface area contributed by atoms with Gasteiger partial charge < -0.3 is 14.2 Å². The summed E-state index contributed by atoms with van der Waals surface area (Å²) in [7, 11) is 0. The highest BCUT2D eigenvalue weighted by Crippen LogP contribution is 2.30. The van der Waals surface area contributed by atoms with Crippen molar-refractivity contribution in [2.24, 2.45) is 0 Å². The zero-order valence-electron chi connectivity index (χ0n) is 17.1. The van der Waals surface area contributed by atoms with E-state index in [4.69, 9.17) is 37.4 Å². The lowest BCUT2D eigenvalue weighted by atomic mass is 9.93. The Morgan fingerprint density at radius 3 is 1.21 bits per heavy atom. The Hall–Kier alpha value is -3.26. The van der Waals surface area contributed by atoms with Crippen LogP contribution in [0.5, 0.6) is 0 Å². The number of benzene rings is 2. The number of allylic oxidation sites excluding steroid dienone is 4. The largest absolute Gasteiger partial charge is 0.485 e. The van der Waals surface area contributed by atoms with Gasteiger partial charge in [-0.25, -0.2) is 0 Å². The van der Waals surface area contributed by atoms with Crippen LogP contribution in [0.3, 0.4) is 0 Å². The fourth-order valence-electron chi connectivity index (χ4n) is 3.41. The Labute approximate surface area is 198 Å². The van der Waals surface area contributed by atoms with E-state index in [1.54, 1.807) is 24.3 Å². The number of carbonyl (C=O) groups is 4. The summed E-state index contributed by atoms with van der Waals surface area (Å²) in [5.41, 5.74) is 0.934. The van der Waals surface area contributed by atoms with Crippen LogP contribution in [0, 0.1) is 0 Å². The molecule has 0 spiro atoms. The van der Waals surface area contributed by atoms with Crippen molar-refractivity contribution in [3.8, 4) is 0 Å². The molecule has 0 atom stereocenters. The lowest BCUT2D eigenvalue weighted by Crippen LogP contribution is -2.23. The number of ketones is 4. The van der Waals surface area contributed by atoms with Crippen LogP contribution in [0.1, 0.15) is 41.4 Å². The van der Waals surface area contributed by atoms with E-state index in [0.29, 0.717) is 0 Å². The molecule has 9 heteroatoms. The number of Topliss-reactive ketones (excluding diaryl/α,β-unsaturated/α-hetero) is 4. The van der Waals surface area contributed by atoms with Crippen LogP contribution in [0.25, 0.3) is 0 Å². The van der Waals surface area contributed by atoms with Crippen molar-refractivity contribution in [2.75, 3.05) is 26.4 Å². The zero-order valence-corrected chi connectivity index (χ0v) is 18.6. The monoisotopic (exact) mass is 486 g/mol. The quantitative estimate of drug-likeness (QED) is 0.518. The first-order valence-corrected chi connectivity index (χ1v) is 10.7. The molecular weight excluding hydrogens is 471 g/mol. The predicted octanol–water partition coefficient (Wildman–Crippen LogP) is 4.10. The van der Waals surface area contributed by atoms with Crippen LogP contribution in [-0.4, -0.2) is 49.6 Å². The van der Waals surface area contributed by atoms with Crippen molar-refractivity contribution >= 4 is 46.3 Å². The van der Waals surface area contributed by atoms with E-state index in [0.717, 1.165) is 0 Å². The molecule has 2 aliphatic rings. The van der Waals surface area contributed by atoms with Crippen LogP contribution >= 0.6 is 23.2 Å². The fraction of sp³-hybridized carbons (Fsp3) is 0.167. The molecule has 2 aromatic rings. The molecule has 4 rings (SSSR count). The molecule has 0 fully saturated rings. The summed E-state index contributed by atoms with van der Waals surface area (Å²) in [6.07, 6.45) is 0. The summed E-state index contributed by atoms with van der Waals surface area (Å²) in [6.45, 7) is 0.0350. The molecule has 0 aromatic heterocycles. The van der Waals surface area contributed by atoms with Gasteiger partial charge in [-0.15, -0.1) is 0 Å². The molecule has 7 nitrogen and oxygen atoms in total. The second kappa shape index (κ2) is 9.70. The minimum Gasteiger partial charge on any atom is -0.485 e. The Morgan fingerprint density at radius 2 is 0.848 bits per heavy atom. The van der Waals surface area contributed by atoms with E-state index in [1.165, 1.54) is 24.3 Å². The standard InChI is InChI=1S/C24H16Cl2O7/c25-17-19(27)13-5-1-3-7-15(13)21(29)23(17)32-11-9-31-10-12-33-24-18(26)20(28)14-6-2-4-8-16(14)22(24)30/h1-8H,9-12H2. The van der Waals surface area contributed by atoms with Gasteiger partial charge in [0, 0.05) is 22.3 Å². The smallest absolute Gasteiger partial charge is 0.230 e. The number of hydrogen-bond acceptors (Lipinski definition) is 7. The topological polar surface area (TPSA) is 96.0 Å². The van der Waals surface area contributed by atoms with Gasteiger partial charge >= 0.3 is 0 Å². The number of hydrogen-bond donors (Lipinski definition) is 0. The molecule has 0 saturated carbocycles. The molecule has 0 heterocycles. The molecule has 168 valence electrons. The Morgan fingerprint density at radius 1 is 0.515 bits per heavy atom. The van der Waals surface area contributed by atoms with Crippen LogP contribution in [0.4, 0.5) is 0 Å². The van der Waals surface area contributed by atoms with Crippen molar-refractivity contribution in [1.29, 1.82) is 0 Å². The Kier molecular flexibility index (Phi) is 6.74. The van der Waals surface area contributed by atoms with Crippen LogP contribution in [0.15, 0.2) is 70.1 Å². The fourth-order valence-corrected chi connectivity index (χ4v) is 3.89. The van der Waals surface area contributed by atoms with E-state index >= 15 is 0 Å². The number of ether oxygens (including phenoxy) is 3. The molecule has 0 saturated heterocycles. The highest BCUT2D eigenvalue weighted by Gasteiger charge is 2.33. The summed E-state index contributed by atoms with van der Waals surface area (Å²) in [6, 6.07) is 12.7. The van der Waals surface area contributed by atoms with Gasteiger partial charge in [0.25, 0.3) is 0 Å². The maximum atomic E-state index is 12.5. The first-order valence-electron chi connectivity index (χ1n) is 9.91. The third kappa shape index (κ3) is 4.35. The molecule has 2 aromatic carbocycles. The predicted molar refractivity (Wildman–Crippen MR) is 119 cm³/mol. The lowest BCUT2D eigenvalue weighted by Gasteiger charge is -2.19. The highest BCUT2D eigenvalue weighted by atomic mass is 35.5. The third-order valence-corrected chi connectivity index (χ3v) is 5.68. The average molecular weight is 487 g/mol. The van der Waals surface area contributed by atoms with E-state index in [9.17, 15) is 19.2 Å². The van der Waals surface area contributed by atoms with Gasteiger partial charge in [0.2, 0.25) is 23.1 Å². The van der Waals surface area contributed by atoms with Crippen LogP contribution < -0.4 is 0 Å². The molecule has 33 heavy (non-hydrogen) atoms. The van der Waals surface area contributed by atoms with Crippen molar-refractivity contribution in [2.45, 2.75) is 0 Å². The van der Waals surface area contributed by atoms with E-state index in [2.05, 4.69) is 0 Å². The van der Waals surface area contributed by atoms with Crippen molar-refractivity contribution in [3.05, 3.63) is 92.4 Å². The first-order chi connectivity index (χ1) is 15.9. The number of fused-ring (bicyclic) bond motifs is 2. The lowest BCUT2D eigenvalue weighted by molar-refractivity contribution is 0.0399. The maximum Gasteiger partial charge on any atom is 0.230 e. The second-order valence-corrected chi connectivity index (χ2v) is 7.76. The Balaban J connectivity index is 1.26. The van der Waals surface area contributed by atoms with Crippen molar-refractivity contribution < 1.29 is 33.4 Å². The molecule has 0 N–H and O–H groups in total. The maximum absolute atomic E-state index is 12.5. The van der Waals surface area contributed by atoms with Gasteiger partial charge in [-0.3, -0.25) is 19.2 Å². The molecule has 0 bridgehead atoms. The van der Waals surface area contributed by atoms with Crippen molar-refractivity contribution in [1.82, 2.24) is 0 Å². The molecular formula is C24H16Cl2O7. The van der Waals surface area contributed by atoms with E-state index in [-0.39, 0.29) is 70.3 Å². The van der Waals surface area contributed by atoms with Gasteiger partial charge in [0.15, 0.2) is 11.5 Å². The van der Waals surface area contributed by atoms with Gasteiger partial charge in [-0.05, 0) is 0 Å². The summed E-state index contributed by atoms with van der Waals surface area (Å²) < 4.78 is 16.2. The molecule has 0 amide bonds. The molecule has 2 aliphatic carbocycles. The molecule has 0 unspecified atom stereocenters. The minimum absolute atomic E-state index is 0.0407. The minimum atomic E-state index is -0.477. The van der Waals surface area contributed by atoms with Crippen LogP contribution in [0.2, 0.25) is 0 Å². The third-order valence-electron chi connectivity index (χ3n) is 4.99. The SMILES string of the molecule is O=C1C(Cl)=C(OCCOCCOC2=C(Cl)C(=O)c3ccccc3C2=O)C(=O)c2ccccc21. The Bertz CT molecular complexity index is 1150. The summed E-state index contributed by atoms with van der Waals surface area (Å²) >= 11 is 12.1. The van der Waals surface area contributed by atoms with Crippen LogP contribution in [-0.2, 0) is 14.2 Å². The summed E-state index contributed by atoms with van der Waals surface area (Å²) in [5, 5.41) is -0.547. The van der Waals surface area contributed by atoms with Gasteiger partial charge in [0.05, 0.1) is 13.2 Å². The zero-order chi connectivity index (χ0) is 23.5. The second-order valence-electron chi connectivity index (χ2n) is 7.00. The van der Waals surface area contributed by atoms with Gasteiger partial charge in [-0.1, -0.05) is 71.7 Å². The first kappa shape index (κ1) is 22.9. The van der Waals surface area contributed by atoms with E-state index < -0.39 is 23.1 Å². The summed E-state index contributed by atoms with van der Waals surface area (Å²) in [5.74, 6) is -2.34. The summed E-state index contributed by atoms with van der Waals surface area (Å²) in [4.78, 5) is 49.7. The van der Waals surface area contributed by atoms with E-state index in [1.807, 2.05) is 0 Å². The average Bonchev–Trinajstić information content (AvgIpc) is 2.84. The molecule has 0 radical (unpaired) electrons. The number of carbonyl (C=O) groups excluding carboxylic acids is 4. The van der Waals surface area contributed by atoms with Gasteiger partial charge in [0.1, 0.15) is 23.3 Å². The van der Waals surface area contributed by atoms with Gasteiger partial charge in [-0.2, -0.15) is 0 Å². The highest BCUT2D eigenvalue weighted by molar-refractivity contribution is 6.50. The normalized spacial score (nSPS) is 15.6.